The first kappa shape index (κ1) is 52.3. The fourth-order valence-electron chi connectivity index (χ4n) is 8.03. The highest BCUT2D eigenvalue weighted by Gasteiger charge is 1.98. The van der Waals surface area contributed by atoms with Gasteiger partial charge in [-0.1, -0.05) is 284 Å². The van der Waals surface area contributed by atoms with Crippen molar-refractivity contribution >= 4 is 0 Å². The molecule has 0 aliphatic heterocycles. The van der Waals surface area contributed by atoms with Crippen LogP contribution in [0.1, 0.15) is 309 Å². The van der Waals surface area contributed by atoms with Crippen molar-refractivity contribution in [3.8, 4) is 0 Å². The average molecular weight is 743 g/mol. The van der Waals surface area contributed by atoms with Gasteiger partial charge in [0.15, 0.2) is 0 Å². The van der Waals surface area contributed by atoms with E-state index in [2.05, 4.69) is 26.0 Å². The van der Waals surface area contributed by atoms with E-state index in [1.165, 1.54) is 283 Å². The van der Waals surface area contributed by atoms with Gasteiger partial charge in [-0.15, -0.1) is 0 Å². The molecule has 0 bridgehead atoms. The minimum atomic E-state index is 1.16. The van der Waals surface area contributed by atoms with E-state index in [4.69, 9.17) is 4.74 Å². The molecule has 0 saturated carbocycles. The molecule has 0 N–H and O–H groups in total. The Bertz CT molecular complexity index is 608. The van der Waals surface area contributed by atoms with Crippen LogP contribution in [-0.4, -0.2) is 0 Å². The van der Waals surface area contributed by atoms with Crippen molar-refractivity contribution in [2.24, 2.45) is 0 Å². The normalized spacial score (nSPS) is 11.9. The number of hydrogen-bond donors (Lipinski definition) is 0. The lowest BCUT2D eigenvalue weighted by atomic mass is 10.0. The predicted molar refractivity (Wildman–Crippen MR) is 243 cm³/mol. The van der Waals surface area contributed by atoms with Crippen LogP contribution >= 0.6 is 0 Å². The lowest BCUT2D eigenvalue weighted by molar-refractivity contribution is 0.397. The van der Waals surface area contributed by atoms with Crippen LogP contribution in [0.5, 0.6) is 0 Å². The van der Waals surface area contributed by atoms with Gasteiger partial charge in [0.05, 0.1) is 12.5 Å². The van der Waals surface area contributed by atoms with Crippen molar-refractivity contribution in [1.82, 2.24) is 0 Å². The van der Waals surface area contributed by atoms with Crippen LogP contribution < -0.4 is 0 Å². The molecule has 0 aromatic carbocycles. The van der Waals surface area contributed by atoms with Crippen molar-refractivity contribution in [3.63, 3.8) is 0 Å². The van der Waals surface area contributed by atoms with E-state index in [0.29, 0.717) is 0 Å². The molecule has 0 saturated heterocycles. The molecule has 0 radical (unpaired) electrons. The molecule has 1 nitrogen and oxygen atoms in total. The minimum Gasteiger partial charge on any atom is -0.473 e. The molecule has 316 valence electrons. The van der Waals surface area contributed by atoms with E-state index in [0.717, 1.165) is 12.8 Å². The number of rotatable bonds is 48. The molecule has 0 amide bonds. The predicted octanol–water partition coefficient (Wildman–Crippen LogP) is 20.0. The molecule has 0 aromatic rings. The van der Waals surface area contributed by atoms with Gasteiger partial charge in [-0.25, -0.2) is 0 Å². The molecule has 0 rings (SSSR count). The maximum atomic E-state index is 5.57. The molecule has 0 fully saturated rings. The van der Waals surface area contributed by atoms with Gasteiger partial charge in [0.1, 0.15) is 0 Å². The van der Waals surface area contributed by atoms with E-state index in [-0.39, 0.29) is 0 Å². The average Bonchev–Trinajstić information content (AvgIpc) is 3.17. The van der Waals surface area contributed by atoms with E-state index in [9.17, 15) is 0 Å². The van der Waals surface area contributed by atoms with E-state index < -0.39 is 0 Å². The summed E-state index contributed by atoms with van der Waals surface area (Å²) in [6.07, 6.45) is 74.3. The highest BCUT2D eigenvalue weighted by Crippen LogP contribution is 2.17. The first-order chi connectivity index (χ1) is 26.4. The standard InChI is InChI=1S/C52H102O/c1-3-5-7-9-11-13-15-17-19-21-23-25-27-29-31-33-35-37-39-41-43-45-47-49-51-53-52-50-48-46-44-42-40-38-36-34-32-30-28-26-24-22-20-18-16-14-12-10-8-6-4-2/h49-52H,3-48H2,1-2H3. The summed E-state index contributed by atoms with van der Waals surface area (Å²) in [7, 11) is 0. The molecule has 0 heterocycles. The third kappa shape index (κ3) is 51.3. The van der Waals surface area contributed by atoms with Gasteiger partial charge in [0.25, 0.3) is 0 Å². The van der Waals surface area contributed by atoms with Crippen LogP contribution in [0.2, 0.25) is 0 Å². The maximum Gasteiger partial charge on any atom is 0.0861 e. The Morgan fingerprint density at radius 1 is 0.208 bits per heavy atom. The molecule has 0 atom stereocenters. The Balaban J connectivity index is 3.14. The Morgan fingerprint density at radius 3 is 0.528 bits per heavy atom. The third-order valence-electron chi connectivity index (χ3n) is 11.8. The van der Waals surface area contributed by atoms with Gasteiger partial charge in [-0.2, -0.15) is 0 Å². The zero-order valence-electron chi connectivity index (χ0n) is 37.2. The Labute approximate surface area is 337 Å². The summed E-state index contributed by atoms with van der Waals surface area (Å²) in [6.45, 7) is 4.61. The fourth-order valence-corrected chi connectivity index (χ4v) is 8.03. The second kappa shape index (κ2) is 51.3. The summed E-state index contributed by atoms with van der Waals surface area (Å²) in [5.41, 5.74) is 0. The highest BCUT2D eigenvalue weighted by molar-refractivity contribution is 4.80. The summed E-state index contributed by atoms with van der Waals surface area (Å²) >= 11 is 0. The van der Waals surface area contributed by atoms with Crippen LogP contribution in [0.4, 0.5) is 0 Å². The number of hydrogen-bond acceptors (Lipinski definition) is 1. The minimum absolute atomic E-state index is 1.16. The zero-order valence-corrected chi connectivity index (χ0v) is 37.2. The molecule has 1 heteroatoms. The van der Waals surface area contributed by atoms with Crippen LogP contribution in [0.15, 0.2) is 24.7 Å². The molecule has 0 unspecified atom stereocenters. The Morgan fingerprint density at radius 2 is 0.358 bits per heavy atom. The van der Waals surface area contributed by atoms with Crippen molar-refractivity contribution in [1.29, 1.82) is 0 Å². The molecular formula is C52H102O. The van der Waals surface area contributed by atoms with Crippen LogP contribution in [0.3, 0.4) is 0 Å². The summed E-state index contributed by atoms with van der Waals surface area (Å²) in [6, 6.07) is 0. The topological polar surface area (TPSA) is 9.23 Å². The largest absolute Gasteiger partial charge is 0.473 e. The van der Waals surface area contributed by atoms with Gasteiger partial charge >= 0.3 is 0 Å². The quantitative estimate of drug-likeness (QED) is 0.0445. The molecule has 53 heavy (non-hydrogen) atoms. The van der Waals surface area contributed by atoms with E-state index in [1.807, 2.05) is 12.5 Å². The first-order valence-corrected chi connectivity index (χ1v) is 25.4. The summed E-state index contributed by atoms with van der Waals surface area (Å²) in [5.74, 6) is 0. The Hall–Kier alpha value is -0.720. The third-order valence-corrected chi connectivity index (χ3v) is 11.8. The second-order valence-corrected chi connectivity index (χ2v) is 17.3. The van der Waals surface area contributed by atoms with Gasteiger partial charge in [0, 0.05) is 0 Å². The Kier molecular flexibility index (Phi) is 50.6. The molecular weight excluding hydrogens is 641 g/mol. The summed E-state index contributed by atoms with van der Waals surface area (Å²) < 4.78 is 5.57. The van der Waals surface area contributed by atoms with Crippen molar-refractivity contribution in [2.75, 3.05) is 0 Å². The van der Waals surface area contributed by atoms with Crippen LogP contribution in [0, 0.1) is 0 Å². The fraction of sp³-hybridized carbons (Fsp3) is 0.923. The first-order valence-electron chi connectivity index (χ1n) is 25.4. The van der Waals surface area contributed by atoms with Crippen LogP contribution in [0.25, 0.3) is 0 Å². The van der Waals surface area contributed by atoms with Gasteiger partial charge in [0.2, 0.25) is 0 Å². The molecule has 0 aliphatic rings. The lowest BCUT2D eigenvalue weighted by Crippen LogP contribution is -1.84. The summed E-state index contributed by atoms with van der Waals surface area (Å²) in [5, 5.41) is 0. The second-order valence-electron chi connectivity index (χ2n) is 17.3. The van der Waals surface area contributed by atoms with E-state index in [1.54, 1.807) is 0 Å². The zero-order chi connectivity index (χ0) is 38.1. The van der Waals surface area contributed by atoms with Gasteiger partial charge in [-0.3, -0.25) is 0 Å². The van der Waals surface area contributed by atoms with E-state index >= 15 is 0 Å². The van der Waals surface area contributed by atoms with Crippen molar-refractivity contribution in [2.45, 2.75) is 309 Å². The lowest BCUT2D eigenvalue weighted by Gasteiger charge is -2.04. The van der Waals surface area contributed by atoms with Gasteiger partial charge in [-0.05, 0) is 37.8 Å². The molecule has 0 aliphatic carbocycles. The smallest absolute Gasteiger partial charge is 0.0861 e. The summed E-state index contributed by atoms with van der Waals surface area (Å²) in [4.78, 5) is 0. The molecule has 0 aromatic heterocycles. The number of allylic oxidation sites excluding steroid dienone is 2. The van der Waals surface area contributed by atoms with Crippen LogP contribution in [-0.2, 0) is 4.74 Å². The maximum absolute atomic E-state index is 5.57. The SMILES string of the molecule is CCCCCCCCCCCCCCCCCCCCCCCCC=COC=CCCCCCCCCCCCCCCCCCCCCCCCC. The van der Waals surface area contributed by atoms with Crippen molar-refractivity contribution in [3.05, 3.63) is 24.7 Å². The van der Waals surface area contributed by atoms with Gasteiger partial charge < -0.3 is 4.74 Å². The highest BCUT2D eigenvalue weighted by atomic mass is 16.5. The van der Waals surface area contributed by atoms with Crippen molar-refractivity contribution < 1.29 is 4.74 Å². The number of ether oxygens (including phenoxy) is 1. The monoisotopic (exact) mass is 743 g/mol. The molecule has 0 spiro atoms. The number of unbranched alkanes of at least 4 members (excludes halogenated alkanes) is 44.